The van der Waals surface area contributed by atoms with Crippen LogP contribution in [0.15, 0.2) is 27.5 Å². The number of anilines is 2. The minimum atomic E-state index is -0.792. The molecule has 1 aliphatic rings. The molecule has 4 rings (SSSR count). The van der Waals surface area contributed by atoms with Gasteiger partial charge in [-0.05, 0) is 19.4 Å². The van der Waals surface area contributed by atoms with Gasteiger partial charge in [0.05, 0.1) is 31.5 Å². The van der Waals surface area contributed by atoms with Gasteiger partial charge < -0.3 is 23.9 Å². The van der Waals surface area contributed by atoms with E-state index in [0.29, 0.717) is 37.1 Å². The minimum Gasteiger partial charge on any atom is -0.488 e. The van der Waals surface area contributed by atoms with Gasteiger partial charge in [0.2, 0.25) is 16.0 Å². The maximum Gasteiger partial charge on any atom is 0.381 e. The Morgan fingerprint density at radius 2 is 2.22 bits per heavy atom. The quantitative estimate of drug-likeness (QED) is 0.505. The molecular formula is C19H22N6O6S. The number of ether oxygens (including phenoxy) is 3. The summed E-state index contributed by atoms with van der Waals surface area (Å²) >= 11 is 1.13. The summed E-state index contributed by atoms with van der Waals surface area (Å²) in [6.45, 7) is 3.14. The second-order valence-electron chi connectivity index (χ2n) is 7.21. The van der Waals surface area contributed by atoms with Gasteiger partial charge in [-0.3, -0.25) is 10.1 Å². The summed E-state index contributed by atoms with van der Waals surface area (Å²) in [5.41, 5.74) is -0.170. The smallest absolute Gasteiger partial charge is 0.381 e. The molecule has 2 N–H and O–H groups in total. The SMILES string of the molecule is COC[C@@]1(Nc2cc(C(=O)Nc3nnc(-n4nccc4C)s3)oc(=O)c2OC)CCOC1. The maximum absolute atomic E-state index is 12.8. The molecule has 12 nitrogen and oxygen atoms in total. The summed E-state index contributed by atoms with van der Waals surface area (Å²) in [5.74, 6) is -0.913. The van der Waals surface area contributed by atoms with Crippen LogP contribution in [0.25, 0.3) is 5.13 Å². The Morgan fingerprint density at radius 1 is 1.38 bits per heavy atom. The molecule has 0 unspecified atom stereocenters. The van der Waals surface area contributed by atoms with E-state index in [1.807, 2.05) is 13.0 Å². The van der Waals surface area contributed by atoms with Crippen molar-refractivity contribution in [3.8, 4) is 10.9 Å². The van der Waals surface area contributed by atoms with E-state index in [4.69, 9.17) is 18.6 Å². The van der Waals surface area contributed by atoms with Crippen molar-refractivity contribution in [2.45, 2.75) is 18.9 Å². The highest BCUT2D eigenvalue weighted by atomic mass is 32.1. The molecule has 0 radical (unpaired) electrons. The molecule has 3 aromatic rings. The van der Waals surface area contributed by atoms with Crippen molar-refractivity contribution in [1.29, 1.82) is 0 Å². The Bertz CT molecular complexity index is 1170. The van der Waals surface area contributed by atoms with Crippen molar-refractivity contribution in [2.24, 2.45) is 0 Å². The number of carbonyl (C=O) groups is 1. The second kappa shape index (κ2) is 9.06. The zero-order chi connectivity index (χ0) is 22.7. The highest BCUT2D eigenvalue weighted by Gasteiger charge is 2.36. The lowest BCUT2D eigenvalue weighted by molar-refractivity contribution is 0.0991. The molecule has 1 atom stereocenters. The number of rotatable bonds is 8. The van der Waals surface area contributed by atoms with E-state index >= 15 is 0 Å². The number of amides is 1. The number of aromatic nitrogens is 4. The van der Waals surface area contributed by atoms with Crippen LogP contribution in [-0.2, 0) is 9.47 Å². The fourth-order valence-corrected chi connectivity index (χ4v) is 4.14. The molecule has 0 bridgehead atoms. The summed E-state index contributed by atoms with van der Waals surface area (Å²) in [6.07, 6.45) is 2.30. The average molecular weight is 462 g/mol. The summed E-state index contributed by atoms with van der Waals surface area (Å²) < 4.78 is 22.8. The summed E-state index contributed by atoms with van der Waals surface area (Å²) in [7, 11) is 2.93. The van der Waals surface area contributed by atoms with Crippen molar-refractivity contribution in [1.82, 2.24) is 20.0 Å². The monoisotopic (exact) mass is 462 g/mol. The molecule has 170 valence electrons. The predicted octanol–water partition coefficient (Wildman–Crippen LogP) is 1.46. The van der Waals surface area contributed by atoms with E-state index in [2.05, 4.69) is 25.9 Å². The highest BCUT2D eigenvalue weighted by Crippen LogP contribution is 2.30. The van der Waals surface area contributed by atoms with Crippen molar-refractivity contribution in [3.63, 3.8) is 0 Å². The zero-order valence-electron chi connectivity index (χ0n) is 17.7. The number of carbonyl (C=O) groups excluding carboxylic acids is 1. The number of methoxy groups -OCH3 is 2. The minimum absolute atomic E-state index is 0.0451. The first-order chi connectivity index (χ1) is 15.4. The van der Waals surface area contributed by atoms with Gasteiger partial charge in [0.1, 0.15) is 0 Å². The standard InChI is InChI=1S/C19H22N6O6S/c1-11-4-6-20-25(11)18-24-23-17(32-18)21-15(26)13-8-12(14(29-3)16(27)31-13)22-19(9-28-2)5-7-30-10-19/h4,6,8,22H,5,7,9-10H2,1-3H3,(H,21,23,26)/t19-/m0/s1. The summed E-state index contributed by atoms with van der Waals surface area (Å²) in [5, 5.41) is 18.7. The fourth-order valence-electron chi connectivity index (χ4n) is 3.38. The van der Waals surface area contributed by atoms with E-state index in [9.17, 15) is 9.59 Å². The van der Waals surface area contributed by atoms with Crippen LogP contribution in [0, 0.1) is 6.92 Å². The molecule has 32 heavy (non-hydrogen) atoms. The van der Waals surface area contributed by atoms with Gasteiger partial charge in [-0.2, -0.15) is 5.10 Å². The predicted molar refractivity (Wildman–Crippen MR) is 115 cm³/mol. The molecule has 1 saturated heterocycles. The Morgan fingerprint density at radius 3 is 2.88 bits per heavy atom. The van der Waals surface area contributed by atoms with E-state index in [-0.39, 0.29) is 16.6 Å². The lowest BCUT2D eigenvalue weighted by atomic mass is 9.99. The summed E-state index contributed by atoms with van der Waals surface area (Å²) in [4.78, 5) is 25.2. The molecule has 4 heterocycles. The van der Waals surface area contributed by atoms with Crippen LogP contribution < -0.4 is 21.0 Å². The van der Waals surface area contributed by atoms with Crippen molar-refractivity contribution < 1.29 is 23.4 Å². The Labute approximate surface area is 186 Å². The van der Waals surface area contributed by atoms with Crippen LogP contribution in [0.4, 0.5) is 10.8 Å². The third-order valence-corrected chi connectivity index (χ3v) is 5.72. The molecule has 1 fully saturated rings. The Hall–Kier alpha value is -3.29. The lowest BCUT2D eigenvalue weighted by Gasteiger charge is -2.29. The third kappa shape index (κ3) is 4.35. The van der Waals surface area contributed by atoms with Crippen molar-refractivity contribution >= 4 is 28.1 Å². The number of nitrogens with one attached hydrogen (secondary N) is 2. The van der Waals surface area contributed by atoms with Gasteiger partial charge in [-0.15, -0.1) is 10.2 Å². The number of hydrogen-bond donors (Lipinski definition) is 2. The van der Waals surface area contributed by atoms with Crippen molar-refractivity contribution in [2.75, 3.05) is 44.7 Å². The topological polar surface area (TPSA) is 143 Å². The van der Waals surface area contributed by atoms with Gasteiger partial charge in [-0.25, -0.2) is 9.48 Å². The highest BCUT2D eigenvalue weighted by molar-refractivity contribution is 7.17. The maximum atomic E-state index is 12.8. The van der Waals surface area contributed by atoms with E-state index in [0.717, 1.165) is 17.0 Å². The average Bonchev–Trinajstić information content (AvgIpc) is 3.50. The van der Waals surface area contributed by atoms with Crippen LogP contribution >= 0.6 is 11.3 Å². The molecule has 0 spiro atoms. The first kappa shape index (κ1) is 21.9. The molecule has 1 amide bonds. The van der Waals surface area contributed by atoms with Crippen LogP contribution in [-0.4, -0.2) is 65.5 Å². The zero-order valence-corrected chi connectivity index (χ0v) is 18.5. The van der Waals surface area contributed by atoms with Crippen molar-refractivity contribution in [3.05, 3.63) is 40.2 Å². The molecule has 3 aromatic heterocycles. The van der Waals surface area contributed by atoms with Gasteiger partial charge in [0, 0.05) is 31.7 Å². The largest absolute Gasteiger partial charge is 0.488 e. The molecule has 0 aliphatic carbocycles. The number of nitrogens with zero attached hydrogens (tertiary/aromatic N) is 4. The van der Waals surface area contributed by atoms with Gasteiger partial charge in [-0.1, -0.05) is 11.3 Å². The Kier molecular flexibility index (Phi) is 6.21. The van der Waals surface area contributed by atoms with E-state index < -0.39 is 17.1 Å². The fraction of sp³-hybridized carbons (Fsp3) is 0.421. The number of aryl methyl sites for hydroxylation is 1. The Balaban J connectivity index is 1.58. The molecule has 13 heteroatoms. The first-order valence-electron chi connectivity index (χ1n) is 9.67. The normalized spacial score (nSPS) is 18.0. The van der Waals surface area contributed by atoms with Crippen LogP contribution in [0.3, 0.4) is 0 Å². The van der Waals surface area contributed by atoms with E-state index in [1.165, 1.54) is 13.2 Å². The number of hydrogen-bond acceptors (Lipinski definition) is 11. The van der Waals surface area contributed by atoms with E-state index in [1.54, 1.807) is 18.0 Å². The van der Waals surface area contributed by atoms with Gasteiger partial charge >= 0.3 is 5.63 Å². The molecule has 0 aromatic carbocycles. The molecule has 0 saturated carbocycles. The van der Waals surface area contributed by atoms with Gasteiger partial charge in [0.15, 0.2) is 5.76 Å². The first-order valence-corrected chi connectivity index (χ1v) is 10.5. The lowest BCUT2D eigenvalue weighted by Crippen LogP contribution is -2.43. The van der Waals surface area contributed by atoms with Gasteiger partial charge in [0.25, 0.3) is 5.91 Å². The summed E-state index contributed by atoms with van der Waals surface area (Å²) in [6, 6.07) is 3.23. The molecular weight excluding hydrogens is 440 g/mol. The molecule has 1 aliphatic heterocycles. The van der Waals surface area contributed by atoms with Crippen LogP contribution in [0.5, 0.6) is 5.75 Å². The van der Waals surface area contributed by atoms with Crippen LogP contribution in [0.1, 0.15) is 22.7 Å². The van der Waals surface area contributed by atoms with Crippen LogP contribution in [0.2, 0.25) is 0 Å². The second-order valence-corrected chi connectivity index (χ2v) is 8.17. The third-order valence-electron chi connectivity index (χ3n) is 4.91.